The van der Waals surface area contributed by atoms with Crippen LogP contribution >= 0.6 is 0 Å². The van der Waals surface area contributed by atoms with Gasteiger partial charge in [-0.15, -0.1) is 0 Å². The lowest BCUT2D eigenvalue weighted by molar-refractivity contribution is -0.163. The van der Waals surface area contributed by atoms with Crippen molar-refractivity contribution in [3.63, 3.8) is 0 Å². The second-order valence-corrected chi connectivity index (χ2v) is 18.5. The van der Waals surface area contributed by atoms with E-state index in [1.54, 1.807) is 0 Å². The van der Waals surface area contributed by atoms with E-state index < -0.39 is 6.10 Å². The molecule has 0 aliphatic heterocycles. The van der Waals surface area contributed by atoms with Gasteiger partial charge in [-0.3, -0.25) is 9.59 Å². The molecule has 1 atom stereocenters. The largest absolute Gasteiger partial charge is 0.462 e. The van der Waals surface area contributed by atoms with Gasteiger partial charge in [0, 0.05) is 19.4 Å². The molecule has 0 aromatic rings. The molecule has 0 rings (SSSR count). The van der Waals surface area contributed by atoms with Crippen LogP contribution in [0.5, 0.6) is 0 Å². The quantitative estimate of drug-likeness (QED) is 0.0346. The van der Waals surface area contributed by atoms with Gasteiger partial charge in [0.2, 0.25) is 0 Å². The number of carbonyl (C=O) groups excluding carboxylic acids is 2. The van der Waals surface area contributed by atoms with Crippen molar-refractivity contribution in [2.75, 3.05) is 19.8 Å². The third-order valence-corrected chi connectivity index (χ3v) is 12.1. The molecule has 0 bridgehead atoms. The lowest BCUT2D eigenvalue weighted by Gasteiger charge is -2.18. The molecule has 0 heterocycles. The normalized spacial score (nSPS) is 12.6. The molecule has 0 amide bonds. The monoisotopic (exact) mass is 895 g/mol. The fourth-order valence-electron chi connectivity index (χ4n) is 7.95. The number of hydrogen-bond donors (Lipinski definition) is 0. The van der Waals surface area contributed by atoms with Crippen LogP contribution in [0.3, 0.4) is 0 Å². The van der Waals surface area contributed by atoms with Gasteiger partial charge >= 0.3 is 11.9 Å². The van der Waals surface area contributed by atoms with Gasteiger partial charge in [0.15, 0.2) is 6.10 Å². The highest BCUT2D eigenvalue weighted by atomic mass is 16.6. The summed E-state index contributed by atoms with van der Waals surface area (Å²) in [5.74, 6) is -0.420. The highest BCUT2D eigenvalue weighted by Gasteiger charge is 2.17. The molecule has 0 saturated heterocycles. The van der Waals surface area contributed by atoms with Crippen LogP contribution in [0.4, 0.5) is 0 Å². The molecule has 0 N–H and O–H groups in total. The van der Waals surface area contributed by atoms with Crippen LogP contribution in [0, 0.1) is 0 Å². The topological polar surface area (TPSA) is 61.8 Å². The summed E-state index contributed by atoms with van der Waals surface area (Å²) in [7, 11) is 0. The Bertz CT molecular complexity index is 1100. The highest BCUT2D eigenvalue weighted by molar-refractivity contribution is 5.70. The van der Waals surface area contributed by atoms with Crippen LogP contribution in [-0.4, -0.2) is 37.9 Å². The predicted molar refractivity (Wildman–Crippen MR) is 279 cm³/mol. The molecular weight excluding hydrogens is 789 g/mol. The van der Waals surface area contributed by atoms with Crippen molar-refractivity contribution < 1.29 is 23.8 Å². The van der Waals surface area contributed by atoms with E-state index in [0.29, 0.717) is 19.4 Å². The number of esters is 2. The van der Waals surface area contributed by atoms with Gasteiger partial charge in [-0.2, -0.15) is 0 Å². The summed E-state index contributed by atoms with van der Waals surface area (Å²) in [6.45, 7) is 7.72. The van der Waals surface area contributed by atoms with Crippen molar-refractivity contribution in [1.82, 2.24) is 0 Å². The second-order valence-electron chi connectivity index (χ2n) is 18.5. The SMILES string of the molecule is CC/C=C\C/C=C\C/C=C\C/C=C\C/C=C\CCCCCC(=O)OCC(COCCCCCCCCCCCCCC)OC(=O)CCCCCCCCCCCCCCCCCCC. The van der Waals surface area contributed by atoms with Crippen molar-refractivity contribution in [3.05, 3.63) is 60.8 Å². The summed E-state index contributed by atoms with van der Waals surface area (Å²) in [5, 5.41) is 0. The summed E-state index contributed by atoms with van der Waals surface area (Å²) < 4.78 is 17.4. The van der Waals surface area contributed by atoms with E-state index in [9.17, 15) is 9.59 Å². The zero-order valence-corrected chi connectivity index (χ0v) is 42.8. The summed E-state index contributed by atoms with van der Waals surface area (Å²) >= 11 is 0. The first-order chi connectivity index (χ1) is 31.6. The molecule has 0 aliphatic rings. The molecule has 0 radical (unpaired) electrons. The minimum Gasteiger partial charge on any atom is -0.462 e. The first-order valence-electron chi connectivity index (χ1n) is 27.8. The lowest BCUT2D eigenvalue weighted by Crippen LogP contribution is -2.30. The van der Waals surface area contributed by atoms with E-state index in [0.717, 1.165) is 83.5 Å². The molecule has 0 aromatic heterocycles. The minimum atomic E-state index is -0.546. The van der Waals surface area contributed by atoms with E-state index in [1.807, 2.05) is 0 Å². The molecule has 0 aliphatic carbocycles. The molecule has 0 spiro atoms. The Hall–Kier alpha value is -2.40. The maximum absolute atomic E-state index is 12.8. The maximum atomic E-state index is 12.8. The number of rotatable bonds is 51. The average molecular weight is 895 g/mol. The Balaban J connectivity index is 4.28. The fraction of sp³-hybridized carbons (Fsp3) is 0.797. The summed E-state index contributed by atoms with van der Waals surface area (Å²) in [5.41, 5.74) is 0. The van der Waals surface area contributed by atoms with E-state index >= 15 is 0 Å². The first-order valence-corrected chi connectivity index (χ1v) is 27.8. The van der Waals surface area contributed by atoms with E-state index in [-0.39, 0.29) is 25.2 Å². The van der Waals surface area contributed by atoms with Gasteiger partial charge in [0.05, 0.1) is 6.61 Å². The molecule has 0 aromatic carbocycles. The third kappa shape index (κ3) is 52.2. The van der Waals surface area contributed by atoms with Crippen LogP contribution < -0.4 is 0 Å². The van der Waals surface area contributed by atoms with Crippen molar-refractivity contribution in [2.45, 2.75) is 284 Å². The molecule has 372 valence electrons. The van der Waals surface area contributed by atoms with E-state index in [4.69, 9.17) is 14.2 Å². The zero-order chi connectivity index (χ0) is 46.3. The molecule has 64 heavy (non-hydrogen) atoms. The predicted octanol–water partition coefficient (Wildman–Crippen LogP) is 18.9. The van der Waals surface area contributed by atoms with Crippen molar-refractivity contribution in [3.8, 4) is 0 Å². The first kappa shape index (κ1) is 61.6. The van der Waals surface area contributed by atoms with Crippen LogP contribution in [0.1, 0.15) is 278 Å². The number of carbonyl (C=O) groups is 2. The highest BCUT2D eigenvalue weighted by Crippen LogP contribution is 2.16. The summed E-state index contributed by atoms with van der Waals surface area (Å²) in [6.07, 6.45) is 69.5. The van der Waals surface area contributed by atoms with E-state index in [1.165, 1.54) is 161 Å². The van der Waals surface area contributed by atoms with Gasteiger partial charge in [-0.25, -0.2) is 0 Å². The molecular formula is C59H106O5. The maximum Gasteiger partial charge on any atom is 0.306 e. The molecule has 0 fully saturated rings. The van der Waals surface area contributed by atoms with E-state index in [2.05, 4.69) is 81.5 Å². The minimum absolute atomic E-state index is 0.0715. The Morgan fingerprint density at radius 2 is 0.703 bits per heavy atom. The number of ether oxygens (including phenoxy) is 3. The second kappa shape index (κ2) is 54.9. The molecule has 5 nitrogen and oxygen atoms in total. The van der Waals surface area contributed by atoms with Gasteiger partial charge < -0.3 is 14.2 Å². The Morgan fingerprint density at radius 3 is 1.12 bits per heavy atom. The summed E-state index contributed by atoms with van der Waals surface area (Å²) in [4.78, 5) is 25.5. The van der Waals surface area contributed by atoms with Crippen LogP contribution in [0.15, 0.2) is 60.8 Å². The summed E-state index contributed by atoms with van der Waals surface area (Å²) in [6, 6.07) is 0. The molecule has 0 saturated carbocycles. The number of allylic oxidation sites excluding steroid dienone is 10. The Kier molecular flexibility index (Phi) is 52.9. The molecule has 1 unspecified atom stereocenters. The number of unbranched alkanes of at least 4 members (excludes halogenated alkanes) is 30. The third-order valence-electron chi connectivity index (χ3n) is 12.1. The Morgan fingerprint density at radius 1 is 0.359 bits per heavy atom. The van der Waals surface area contributed by atoms with Crippen LogP contribution in [0.2, 0.25) is 0 Å². The van der Waals surface area contributed by atoms with Crippen LogP contribution in [0.25, 0.3) is 0 Å². The van der Waals surface area contributed by atoms with Gasteiger partial charge in [-0.1, -0.05) is 261 Å². The van der Waals surface area contributed by atoms with Gasteiger partial charge in [-0.05, 0) is 64.2 Å². The van der Waals surface area contributed by atoms with Crippen molar-refractivity contribution in [1.29, 1.82) is 0 Å². The average Bonchev–Trinajstić information content (AvgIpc) is 3.30. The van der Waals surface area contributed by atoms with Crippen molar-refractivity contribution in [2.24, 2.45) is 0 Å². The smallest absolute Gasteiger partial charge is 0.306 e. The zero-order valence-electron chi connectivity index (χ0n) is 42.8. The fourth-order valence-corrected chi connectivity index (χ4v) is 7.95. The lowest BCUT2D eigenvalue weighted by atomic mass is 10.0. The standard InChI is InChI=1S/C59H106O5/c1-4-7-10-13-16-19-22-25-27-29-30-32-33-35-37-40-43-46-49-52-58(60)63-56-57(55-62-54-51-48-45-42-39-24-21-18-15-12-9-6-3)64-59(61)53-50-47-44-41-38-36-34-31-28-26-23-20-17-14-11-8-5-2/h7,10,16,19,25,27,30,32,35,37,57H,4-6,8-9,11-15,17-18,20-24,26,28-29,31,33-34,36,38-56H2,1-3H3/b10-7-,19-16-,27-25-,32-30-,37-35-. The van der Waals surface area contributed by atoms with Crippen LogP contribution in [-0.2, 0) is 23.8 Å². The van der Waals surface area contributed by atoms with Gasteiger partial charge in [0.25, 0.3) is 0 Å². The number of hydrogen-bond acceptors (Lipinski definition) is 5. The van der Waals surface area contributed by atoms with Crippen molar-refractivity contribution >= 4 is 11.9 Å². The van der Waals surface area contributed by atoms with Gasteiger partial charge in [0.1, 0.15) is 6.61 Å². The Labute approximate surface area is 398 Å². The molecule has 5 heteroatoms.